The summed E-state index contributed by atoms with van der Waals surface area (Å²) in [6.07, 6.45) is 2.63. The number of carbonyl (C=O) groups is 1. The number of para-hydroxylation sites is 1. The van der Waals surface area contributed by atoms with E-state index in [1.165, 1.54) is 0 Å². The van der Waals surface area contributed by atoms with Gasteiger partial charge in [0.2, 0.25) is 5.91 Å². The Morgan fingerprint density at radius 3 is 2.79 bits per heavy atom. The topological polar surface area (TPSA) is 84.3 Å². The zero-order chi connectivity index (χ0) is 23.5. The Hall–Kier alpha value is -3.80. The Labute approximate surface area is 192 Å². The van der Waals surface area contributed by atoms with Crippen LogP contribution in [0.5, 0.6) is 5.75 Å². The van der Waals surface area contributed by atoms with Crippen LogP contribution in [0.4, 0.5) is 0 Å². The molecule has 33 heavy (non-hydrogen) atoms. The van der Waals surface area contributed by atoms with Gasteiger partial charge in [0, 0.05) is 34.6 Å². The second kappa shape index (κ2) is 9.36. The third-order valence-corrected chi connectivity index (χ3v) is 5.69. The summed E-state index contributed by atoms with van der Waals surface area (Å²) in [4.78, 5) is 28.6. The lowest BCUT2D eigenvalue weighted by Gasteiger charge is -2.14. The minimum absolute atomic E-state index is 0.0315. The van der Waals surface area contributed by atoms with E-state index >= 15 is 0 Å². The second-order valence-corrected chi connectivity index (χ2v) is 8.61. The molecule has 6 nitrogen and oxygen atoms in total. The van der Waals surface area contributed by atoms with Crippen LogP contribution in [0.25, 0.3) is 21.9 Å². The summed E-state index contributed by atoms with van der Waals surface area (Å²) in [5.41, 5.74) is 4.16. The highest BCUT2D eigenvalue weighted by Gasteiger charge is 2.17. The van der Waals surface area contributed by atoms with Gasteiger partial charge < -0.3 is 19.5 Å². The normalized spacial score (nSPS) is 12.1. The van der Waals surface area contributed by atoms with Crippen LogP contribution in [0, 0.1) is 6.92 Å². The first-order valence-electron chi connectivity index (χ1n) is 11.0. The molecule has 2 aromatic carbocycles. The summed E-state index contributed by atoms with van der Waals surface area (Å²) in [6.45, 7) is 9.89. The lowest BCUT2D eigenvalue weighted by Crippen LogP contribution is -2.36. The van der Waals surface area contributed by atoms with Crippen molar-refractivity contribution < 1.29 is 13.9 Å². The number of fused-ring (bicyclic) bond motifs is 2. The first-order chi connectivity index (χ1) is 15.8. The van der Waals surface area contributed by atoms with E-state index in [2.05, 4.69) is 22.9 Å². The molecule has 170 valence electrons. The molecular formula is C27H28N2O4. The molecule has 4 rings (SSSR count). The van der Waals surface area contributed by atoms with Crippen LogP contribution in [0.15, 0.2) is 70.0 Å². The molecule has 0 bridgehead atoms. The Balaban J connectivity index is 1.47. The lowest BCUT2D eigenvalue weighted by molar-refractivity contribution is -0.121. The molecule has 2 aromatic heterocycles. The molecule has 2 heterocycles. The van der Waals surface area contributed by atoms with Crippen LogP contribution >= 0.6 is 0 Å². The van der Waals surface area contributed by atoms with E-state index in [1.807, 2.05) is 57.3 Å². The summed E-state index contributed by atoms with van der Waals surface area (Å²) in [6, 6.07) is 13.4. The Morgan fingerprint density at radius 2 is 2.00 bits per heavy atom. The van der Waals surface area contributed by atoms with Crippen molar-refractivity contribution in [2.75, 3.05) is 6.61 Å². The van der Waals surface area contributed by atoms with Gasteiger partial charge in [-0.1, -0.05) is 24.8 Å². The van der Waals surface area contributed by atoms with Crippen molar-refractivity contribution in [2.24, 2.45) is 0 Å². The number of aryl methyl sites for hydroxylation is 1. The number of ether oxygens (including phenoxy) is 1. The SMILES string of the molecule is C=C(C)COc1ccc2c(C)c(CC(=O)N[C@H](C)Cc3c[nH]c4ccccc34)c(=O)oc2c1. The fourth-order valence-electron chi connectivity index (χ4n) is 4.04. The van der Waals surface area contributed by atoms with Crippen molar-refractivity contribution in [1.82, 2.24) is 10.3 Å². The van der Waals surface area contributed by atoms with Crippen LogP contribution in [-0.2, 0) is 17.6 Å². The first-order valence-corrected chi connectivity index (χ1v) is 11.0. The van der Waals surface area contributed by atoms with E-state index in [4.69, 9.17) is 9.15 Å². The minimum Gasteiger partial charge on any atom is -0.489 e. The number of H-pyrrole nitrogens is 1. The maximum Gasteiger partial charge on any atom is 0.340 e. The highest BCUT2D eigenvalue weighted by atomic mass is 16.5. The molecule has 4 aromatic rings. The summed E-state index contributed by atoms with van der Waals surface area (Å²) in [5.74, 6) is 0.392. The number of aromatic nitrogens is 1. The minimum atomic E-state index is -0.503. The molecule has 0 aliphatic rings. The van der Waals surface area contributed by atoms with Crippen LogP contribution in [-0.4, -0.2) is 23.5 Å². The lowest BCUT2D eigenvalue weighted by atomic mass is 10.0. The number of aromatic amines is 1. The molecule has 0 aliphatic carbocycles. The van der Waals surface area contributed by atoms with E-state index in [0.717, 1.165) is 33.0 Å². The van der Waals surface area contributed by atoms with Gasteiger partial charge >= 0.3 is 5.63 Å². The van der Waals surface area contributed by atoms with Crippen molar-refractivity contribution in [3.8, 4) is 5.75 Å². The predicted octanol–water partition coefficient (Wildman–Crippen LogP) is 4.83. The molecule has 0 spiro atoms. The van der Waals surface area contributed by atoms with Crippen LogP contribution in [0.3, 0.4) is 0 Å². The molecule has 1 amide bonds. The molecular weight excluding hydrogens is 416 g/mol. The number of amides is 1. The van der Waals surface area contributed by atoms with Gasteiger partial charge in [0.05, 0.1) is 12.0 Å². The molecule has 0 saturated carbocycles. The van der Waals surface area contributed by atoms with Crippen molar-refractivity contribution in [3.63, 3.8) is 0 Å². The Morgan fingerprint density at radius 1 is 1.21 bits per heavy atom. The van der Waals surface area contributed by atoms with E-state index in [0.29, 0.717) is 29.9 Å². The maximum atomic E-state index is 12.7. The highest BCUT2D eigenvalue weighted by Crippen LogP contribution is 2.25. The smallest absolute Gasteiger partial charge is 0.340 e. The van der Waals surface area contributed by atoms with Crippen molar-refractivity contribution in [1.29, 1.82) is 0 Å². The third-order valence-electron chi connectivity index (χ3n) is 5.69. The van der Waals surface area contributed by atoms with Crippen LogP contribution < -0.4 is 15.7 Å². The maximum absolute atomic E-state index is 12.7. The molecule has 1 atom stereocenters. The van der Waals surface area contributed by atoms with E-state index in [1.54, 1.807) is 6.07 Å². The quantitative estimate of drug-likeness (QED) is 0.301. The second-order valence-electron chi connectivity index (χ2n) is 8.61. The van der Waals surface area contributed by atoms with Gasteiger partial charge in [-0.25, -0.2) is 4.79 Å². The molecule has 0 unspecified atom stereocenters. The van der Waals surface area contributed by atoms with Crippen molar-refractivity contribution >= 4 is 27.8 Å². The van der Waals surface area contributed by atoms with Gasteiger partial charge in [0.15, 0.2) is 0 Å². The summed E-state index contributed by atoms with van der Waals surface area (Å²) in [5, 5.41) is 4.94. The number of carbonyl (C=O) groups excluding carboxylic acids is 1. The molecule has 0 radical (unpaired) electrons. The van der Waals surface area contributed by atoms with Crippen molar-refractivity contribution in [3.05, 3.63) is 87.9 Å². The summed E-state index contributed by atoms with van der Waals surface area (Å²) in [7, 11) is 0. The number of benzene rings is 2. The van der Waals surface area contributed by atoms with Gasteiger partial charge in [0.1, 0.15) is 17.9 Å². The van der Waals surface area contributed by atoms with Crippen LogP contribution in [0.1, 0.15) is 30.5 Å². The number of nitrogens with one attached hydrogen (secondary N) is 2. The number of hydrogen-bond acceptors (Lipinski definition) is 4. The summed E-state index contributed by atoms with van der Waals surface area (Å²) < 4.78 is 11.2. The fourth-order valence-corrected chi connectivity index (χ4v) is 4.04. The van der Waals surface area contributed by atoms with Crippen LogP contribution in [0.2, 0.25) is 0 Å². The van der Waals surface area contributed by atoms with Gasteiger partial charge in [-0.2, -0.15) is 0 Å². The molecule has 6 heteroatoms. The van der Waals surface area contributed by atoms with Gasteiger partial charge in [-0.15, -0.1) is 0 Å². The largest absolute Gasteiger partial charge is 0.489 e. The zero-order valence-corrected chi connectivity index (χ0v) is 19.2. The monoisotopic (exact) mass is 444 g/mol. The number of hydrogen-bond donors (Lipinski definition) is 2. The number of rotatable bonds is 8. The Kier molecular flexibility index (Phi) is 6.36. The molecule has 2 N–H and O–H groups in total. The van der Waals surface area contributed by atoms with Crippen molar-refractivity contribution in [2.45, 2.75) is 39.7 Å². The average Bonchev–Trinajstić information content (AvgIpc) is 3.17. The van der Waals surface area contributed by atoms with E-state index < -0.39 is 5.63 Å². The highest BCUT2D eigenvalue weighted by molar-refractivity contribution is 5.86. The van der Waals surface area contributed by atoms with Gasteiger partial charge in [-0.3, -0.25) is 4.79 Å². The summed E-state index contributed by atoms with van der Waals surface area (Å²) >= 11 is 0. The Bertz CT molecular complexity index is 1400. The molecule has 0 saturated heterocycles. The zero-order valence-electron chi connectivity index (χ0n) is 19.2. The van der Waals surface area contributed by atoms with Gasteiger partial charge in [-0.05, 0) is 62.1 Å². The standard InChI is InChI=1S/C27H28N2O4/c1-16(2)15-32-20-9-10-21-18(4)23(27(31)33-25(21)12-20)13-26(30)29-17(3)11-19-14-28-24-8-6-5-7-22(19)24/h5-10,12,14,17,28H,1,11,13,15H2,2-4H3,(H,29,30)/t17-/m1/s1. The molecule has 0 aliphatic heterocycles. The third kappa shape index (κ3) is 5.00. The van der Waals surface area contributed by atoms with E-state index in [9.17, 15) is 9.59 Å². The fraction of sp³-hybridized carbons (Fsp3) is 0.259. The average molecular weight is 445 g/mol. The molecule has 0 fully saturated rings. The first kappa shape index (κ1) is 22.4. The van der Waals surface area contributed by atoms with E-state index in [-0.39, 0.29) is 18.4 Å². The van der Waals surface area contributed by atoms with Gasteiger partial charge in [0.25, 0.3) is 0 Å². The predicted molar refractivity (Wildman–Crippen MR) is 131 cm³/mol.